The first-order valence-corrected chi connectivity index (χ1v) is 5.71. The molecule has 0 radical (unpaired) electrons. The predicted molar refractivity (Wildman–Crippen MR) is 69.7 cm³/mol. The summed E-state index contributed by atoms with van der Waals surface area (Å²) < 4.78 is 13.5. The van der Waals surface area contributed by atoms with Crippen molar-refractivity contribution in [3.63, 3.8) is 0 Å². The van der Waals surface area contributed by atoms with Crippen LogP contribution in [0.3, 0.4) is 0 Å². The van der Waals surface area contributed by atoms with E-state index < -0.39 is 11.7 Å². The number of benzene rings is 1. The number of hydrogen-bond donors (Lipinski definition) is 2. The Morgan fingerprint density at radius 1 is 1.26 bits per heavy atom. The average Bonchev–Trinajstić information content (AvgIpc) is 2.32. The summed E-state index contributed by atoms with van der Waals surface area (Å²) in [5.41, 5.74) is 1.90. The molecule has 2 aromatic rings. The second-order valence-electron chi connectivity index (χ2n) is 4.20. The van der Waals surface area contributed by atoms with Gasteiger partial charge < -0.3 is 10.4 Å². The Morgan fingerprint density at radius 2 is 2.00 bits per heavy atom. The van der Waals surface area contributed by atoms with E-state index in [2.05, 4.69) is 10.3 Å². The highest BCUT2D eigenvalue weighted by atomic mass is 19.1. The second-order valence-corrected chi connectivity index (χ2v) is 4.20. The van der Waals surface area contributed by atoms with Crippen molar-refractivity contribution in [2.24, 2.45) is 0 Å². The minimum Gasteiger partial charge on any atom is -0.508 e. The van der Waals surface area contributed by atoms with Crippen molar-refractivity contribution in [2.75, 3.05) is 5.32 Å². The molecule has 0 saturated heterocycles. The van der Waals surface area contributed by atoms with E-state index in [0.29, 0.717) is 11.4 Å². The van der Waals surface area contributed by atoms with Crippen LogP contribution in [0.25, 0.3) is 0 Å². The number of carbonyl (C=O) groups excluding carboxylic acids is 1. The van der Waals surface area contributed by atoms with Crippen LogP contribution < -0.4 is 5.32 Å². The summed E-state index contributed by atoms with van der Waals surface area (Å²) in [5.74, 6) is -1.57. The van der Waals surface area contributed by atoms with Gasteiger partial charge in [0.2, 0.25) is 0 Å². The first kappa shape index (κ1) is 13.0. The van der Waals surface area contributed by atoms with E-state index in [4.69, 9.17) is 5.11 Å². The van der Waals surface area contributed by atoms with Gasteiger partial charge in [-0.1, -0.05) is 0 Å². The average molecular weight is 260 g/mol. The van der Waals surface area contributed by atoms with Crippen LogP contribution in [-0.2, 0) is 0 Å². The third-order valence-electron chi connectivity index (χ3n) is 2.67. The molecule has 0 aliphatic heterocycles. The van der Waals surface area contributed by atoms with Gasteiger partial charge >= 0.3 is 0 Å². The first-order chi connectivity index (χ1) is 8.97. The van der Waals surface area contributed by atoms with Gasteiger partial charge in [0.15, 0.2) is 0 Å². The van der Waals surface area contributed by atoms with Gasteiger partial charge in [-0.3, -0.25) is 9.78 Å². The van der Waals surface area contributed by atoms with E-state index in [1.807, 2.05) is 6.92 Å². The summed E-state index contributed by atoms with van der Waals surface area (Å²) in [6.07, 6.45) is 0. The van der Waals surface area contributed by atoms with Crippen LogP contribution in [0.4, 0.5) is 10.1 Å². The summed E-state index contributed by atoms with van der Waals surface area (Å²) in [7, 11) is 0. The standard InChI is InChI=1S/C14H13FN2O2/c1-8-3-6-13(9(2)16-8)17-14(19)11-5-4-10(18)7-12(11)15/h3-7,18H,1-2H3,(H,17,19). The zero-order valence-corrected chi connectivity index (χ0v) is 10.6. The van der Waals surface area contributed by atoms with Crippen LogP contribution in [0.1, 0.15) is 21.7 Å². The van der Waals surface area contributed by atoms with E-state index in [9.17, 15) is 9.18 Å². The summed E-state index contributed by atoms with van der Waals surface area (Å²) in [6.45, 7) is 3.61. The Bertz CT molecular complexity index is 641. The number of carbonyl (C=O) groups is 1. The van der Waals surface area contributed by atoms with Crippen molar-refractivity contribution >= 4 is 11.6 Å². The third-order valence-corrected chi connectivity index (χ3v) is 2.67. The number of rotatable bonds is 2. The molecule has 4 nitrogen and oxygen atoms in total. The molecule has 0 bridgehead atoms. The fourth-order valence-corrected chi connectivity index (χ4v) is 1.70. The molecule has 0 unspecified atom stereocenters. The molecule has 2 rings (SSSR count). The van der Waals surface area contributed by atoms with Gasteiger partial charge in [-0.2, -0.15) is 0 Å². The van der Waals surface area contributed by atoms with Crippen LogP contribution in [-0.4, -0.2) is 16.0 Å². The highest BCUT2D eigenvalue weighted by Gasteiger charge is 2.13. The van der Waals surface area contributed by atoms with Crippen LogP contribution in [0.15, 0.2) is 30.3 Å². The van der Waals surface area contributed by atoms with Gasteiger partial charge in [0.25, 0.3) is 5.91 Å². The SMILES string of the molecule is Cc1ccc(NC(=O)c2ccc(O)cc2F)c(C)n1. The predicted octanol–water partition coefficient (Wildman–Crippen LogP) is 2.80. The summed E-state index contributed by atoms with van der Waals surface area (Å²) in [6, 6.07) is 6.87. The number of nitrogens with one attached hydrogen (secondary N) is 1. The number of hydrogen-bond acceptors (Lipinski definition) is 3. The number of nitrogens with zero attached hydrogens (tertiary/aromatic N) is 1. The van der Waals surface area contributed by atoms with Crippen LogP contribution in [0.2, 0.25) is 0 Å². The molecule has 5 heteroatoms. The van der Waals surface area contributed by atoms with Gasteiger partial charge in [0, 0.05) is 11.8 Å². The second kappa shape index (κ2) is 5.06. The summed E-state index contributed by atoms with van der Waals surface area (Å²) in [5, 5.41) is 11.7. The van der Waals surface area contributed by atoms with Crippen LogP contribution in [0.5, 0.6) is 5.75 Å². The number of aryl methyl sites for hydroxylation is 2. The molecule has 1 heterocycles. The van der Waals surface area contributed by atoms with Crippen LogP contribution >= 0.6 is 0 Å². The molecule has 1 aromatic carbocycles. The minimum atomic E-state index is -0.768. The van der Waals surface area contributed by atoms with Crippen molar-refractivity contribution < 1.29 is 14.3 Å². The van der Waals surface area contributed by atoms with Gasteiger partial charge in [-0.15, -0.1) is 0 Å². The molecule has 0 fully saturated rings. The maximum absolute atomic E-state index is 13.5. The summed E-state index contributed by atoms with van der Waals surface area (Å²) in [4.78, 5) is 16.1. The number of halogens is 1. The van der Waals surface area contributed by atoms with E-state index in [1.54, 1.807) is 19.1 Å². The Kier molecular flexibility index (Phi) is 3.46. The maximum Gasteiger partial charge on any atom is 0.258 e. The number of aromatic nitrogens is 1. The highest BCUT2D eigenvalue weighted by Crippen LogP contribution is 2.18. The monoisotopic (exact) mass is 260 g/mol. The normalized spacial score (nSPS) is 10.3. The Labute approximate surface area is 109 Å². The number of amides is 1. The van der Waals surface area contributed by atoms with E-state index in [0.717, 1.165) is 11.8 Å². The lowest BCUT2D eigenvalue weighted by atomic mass is 10.2. The minimum absolute atomic E-state index is 0.127. The Hall–Kier alpha value is -2.43. The zero-order chi connectivity index (χ0) is 14.0. The van der Waals surface area contributed by atoms with Gasteiger partial charge in [-0.05, 0) is 38.1 Å². The zero-order valence-electron chi connectivity index (χ0n) is 10.6. The third kappa shape index (κ3) is 2.88. The van der Waals surface area contributed by atoms with Crippen molar-refractivity contribution in [3.05, 3.63) is 53.1 Å². The number of aromatic hydroxyl groups is 1. The molecular weight excluding hydrogens is 247 g/mol. The van der Waals surface area contributed by atoms with Crippen LogP contribution in [0, 0.1) is 19.7 Å². The molecule has 2 N–H and O–H groups in total. The largest absolute Gasteiger partial charge is 0.508 e. The fraction of sp³-hybridized carbons (Fsp3) is 0.143. The molecule has 0 aliphatic rings. The smallest absolute Gasteiger partial charge is 0.258 e. The van der Waals surface area contributed by atoms with Gasteiger partial charge in [-0.25, -0.2) is 4.39 Å². The highest BCUT2D eigenvalue weighted by molar-refractivity contribution is 6.04. The van der Waals surface area contributed by atoms with E-state index in [-0.39, 0.29) is 11.3 Å². The van der Waals surface area contributed by atoms with Crippen molar-refractivity contribution in [3.8, 4) is 5.75 Å². The lowest BCUT2D eigenvalue weighted by Gasteiger charge is -2.09. The molecule has 1 amide bonds. The molecule has 0 aliphatic carbocycles. The van der Waals surface area contributed by atoms with Crippen molar-refractivity contribution in [1.29, 1.82) is 0 Å². The Morgan fingerprint density at radius 3 is 2.63 bits per heavy atom. The number of phenolic OH excluding ortho intramolecular Hbond substituents is 1. The first-order valence-electron chi connectivity index (χ1n) is 5.71. The van der Waals surface area contributed by atoms with E-state index >= 15 is 0 Å². The molecule has 1 aromatic heterocycles. The summed E-state index contributed by atoms with van der Waals surface area (Å²) >= 11 is 0. The molecular formula is C14H13FN2O2. The molecule has 98 valence electrons. The molecule has 0 saturated carbocycles. The molecule has 0 spiro atoms. The van der Waals surface area contributed by atoms with Gasteiger partial charge in [0.1, 0.15) is 11.6 Å². The topological polar surface area (TPSA) is 62.2 Å². The molecule has 19 heavy (non-hydrogen) atoms. The van der Waals surface area contributed by atoms with E-state index in [1.165, 1.54) is 12.1 Å². The Balaban J connectivity index is 2.25. The number of pyridine rings is 1. The van der Waals surface area contributed by atoms with Gasteiger partial charge in [0.05, 0.1) is 16.9 Å². The van der Waals surface area contributed by atoms with Crippen molar-refractivity contribution in [2.45, 2.75) is 13.8 Å². The quantitative estimate of drug-likeness (QED) is 0.872. The lowest BCUT2D eigenvalue weighted by molar-refractivity contribution is 0.102. The molecule has 0 atom stereocenters. The fourth-order valence-electron chi connectivity index (χ4n) is 1.70. The van der Waals surface area contributed by atoms with Crippen molar-refractivity contribution in [1.82, 2.24) is 4.98 Å². The maximum atomic E-state index is 13.5. The lowest BCUT2D eigenvalue weighted by Crippen LogP contribution is -2.15. The number of phenols is 1. The number of anilines is 1.